The summed E-state index contributed by atoms with van der Waals surface area (Å²) in [6.07, 6.45) is -4.32. The van der Waals surface area contributed by atoms with Crippen LogP contribution in [0.2, 0.25) is 0 Å². The van der Waals surface area contributed by atoms with Crippen LogP contribution < -0.4 is 0 Å². The van der Waals surface area contributed by atoms with Gasteiger partial charge in [-0.2, -0.15) is 0 Å². The fourth-order valence-corrected chi connectivity index (χ4v) is 2.12. The van der Waals surface area contributed by atoms with Crippen molar-refractivity contribution in [3.05, 3.63) is 10.4 Å². The molecule has 0 spiro atoms. The van der Waals surface area contributed by atoms with Crippen molar-refractivity contribution < 1.29 is 25.5 Å². The summed E-state index contributed by atoms with van der Waals surface area (Å²) in [6.45, 7) is -0.941. The maximum Gasteiger partial charge on any atom is 0.106 e. The first kappa shape index (κ1) is 13.2. The molecule has 0 radical (unpaired) electrons. The number of azide groups is 1. The topological polar surface area (TPSA) is 150 Å². The van der Waals surface area contributed by atoms with Crippen LogP contribution in [-0.4, -0.2) is 63.1 Å². The van der Waals surface area contributed by atoms with E-state index in [4.69, 9.17) is 15.7 Å². The van der Waals surface area contributed by atoms with E-state index in [0.29, 0.717) is 0 Å². The van der Waals surface area contributed by atoms with Crippen LogP contribution in [0.1, 0.15) is 0 Å². The van der Waals surface area contributed by atoms with E-state index in [0.717, 1.165) is 0 Å². The molecule has 8 heteroatoms. The van der Waals surface area contributed by atoms with Crippen LogP contribution in [0, 0.1) is 11.8 Å². The van der Waals surface area contributed by atoms with Gasteiger partial charge in [0, 0.05) is 30.0 Å². The van der Waals surface area contributed by atoms with Crippen molar-refractivity contribution >= 4 is 0 Å². The van der Waals surface area contributed by atoms with Gasteiger partial charge in [0.15, 0.2) is 0 Å². The standard InChI is InChI=1S/C8H15N3O5/c9-11-10-5-3(1-12)4(2-13)6(14)8(16)7(5)15/h3-8,12-16H,1-2H2/t3-,4+,5+,6-,7-,8+/m0/s1. The summed E-state index contributed by atoms with van der Waals surface area (Å²) in [5.74, 6) is -1.62. The summed E-state index contributed by atoms with van der Waals surface area (Å²) in [6, 6.07) is -1.06. The Kier molecular flexibility index (Phi) is 4.48. The minimum Gasteiger partial charge on any atom is -0.396 e. The third-order valence-corrected chi connectivity index (χ3v) is 3.08. The second-order valence-electron chi connectivity index (χ2n) is 3.86. The smallest absolute Gasteiger partial charge is 0.106 e. The van der Waals surface area contributed by atoms with E-state index < -0.39 is 49.4 Å². The van der Waals surface area contributed by atoms with Gasteiger partial charge in [0.2, 0.25) is 0 Å². The number of hydrogen-bond donors (Lipinski definition) is 5. The highest BCUT2D eigenvalue weighted by molar-refractivity contribution is 5.01. The van der Waals surface area contributed by atoms with Crippen molar-refractivity contribution in [3.8, 4) is 0 Å². The number of rotatable bonds is 3. The van der Waals surface area contributed by atoms with Crippen LogP contribution in [0.15, 0.2) is 5.11 Å². The monoisotopic (exact) mass is 233 g/mol. The third-order valence-electron chi connectivity index (χ3n) is 3.08. The lowest BCUT2D eigenvalue weighted by atomic mass is 9.72. The summed E-state index contributed by atoms with van der Waals surface area (Å²) in [5, 5.41) is 50.1. The van der Waals surface area contributed by atoms with E-state index in [1.54, 1.807) is 0 Å². The Labute approximate surface area is 91.4 Å². The zero-order chi connectivity index (χ0) is 12.3. The molecule has 1 fully saturated rings. The number of aliphatic hydroxyl groups is 5. The molecule has 6 atom stereocenters. The Morgan fingerprint density at radius 3 is 1.94 bits per heavy atom. The first-order valence-electron chi connectivity index (χ1n) is 4.88. The first-order valence-corrected chi connectivity index (χ1v) is 4.88. The molecule has 8 nitrogen and oxygen atoms in total. The molecule has 0 unspecified atom stereocenters. The Morgan fingerprint density at radius 2 is 1.50 bits per heavy atom. The zero-order valence-electron chi connectivity index (χ0n) is 8.46. The van der Waals surface area contributed by atoms with Gasteiger partial charge in [0.1, 0.15) is 6.10 Å². The van der Waals surface area contributed by atoms with Gasteiger partial charge in [-0.05, 0) is 5.53 Å². The van der Waals surface area contributed by atoms with E-state index in [-0.39, 0.29) is 0 Å². The highest BCUT2D eigenvalue weighted by atomic mass is 16.4. The lowest BCUT2D eigenvalue weighted by molar-refractivity contribution is -0.153. The Morgan fingerprint density at radius 1 is 0.938 bits per heavy atom. The molecular formula is C8H15N3O5. The molecule has 0 aromatic rings. The van der Waals surface area contributed by atoms with Gasteiger partial charge in [-0.1, -0.05) is 5.11 Å². The Bertz CT molecular complexity index is 283. The molecule has 0 bridgehead atoms. The summed E-state index contributed by atoms with van der Waals surface area (Å²) >= 11 is 0. The number of aliphatic hydroxyl groups excluding tert-OH is 5. The van der Waals surface area contributed by atoms with Crippen molar-refractivity contribution in [2.75, 3.05) is 13.2 Å². The highest BCUT2D eigenvalue weighted by Gasteiger charge is 2.48. The first-order chi connectivity index (χ1) is 7.58. The fourth-order valence-electron chi connectivity index (χ4n) is 2.12. The number of nitrogens with zero attached hydrogens (tertiary/aromatic N) is 3. The average Bonchev–Trinajstić information content (AvgIpc) is 2.29. The summed E-state index contributed by atoms with van der Waals surface area (Å²) < 4.78 is 0. The lowest BCUT2D eigenvalue weighted by Crippen LogP contribution is -2.59. The molecule has 92 valence electrons. The van der Waals surface area contributed by atoms with Crippen LogP contribution in [-0.2, 0) is 0 Å². The summed E-state index contributed by atoms with van der Waals surface area (Å²) in [5.41, 5.74) is 8.32. The number of hydrogen-bond acceptors (Lipinski definition) is 6. The minimum absolute atomic E-state index is 0.463. The molecule has 1 saturated carbocycles. The third kappa shape index (κ3) is 2.12. The molecule has 0 aliphatic heterocycles. The van der Waals surface area contributed by atoms with Gasteiger partial charge < -0.3 is 25.5 Å². The van der Waals surface area contributed by atoms with Gasteiger partial charge in [-0.15, -0.1) is 0 Å². The molecule has 16 heavy (non-hydrogen) atoms. The van der Waals surface area contributed by atoms with E-state index in [1.807, 2.05) is 0 Å². The molecule has 5 N–H and O–H groups in total. The molecule has 1 aliphatic carbocycles. The van der Waals surface area contributed by atoms with Gasteiger partial charge in [0.25, 0.3) is 0 Å². The van der Waals surface area contributed by atoms with Gasteiger partial charge in [-0.25, -0.2) is 0 Å². The van der Waals surface area contributed by atoms with Gasteiger partial charge >= 0.3 is 0 Å². The van der Waals surface area contributed by atoms with Crippen LogP contribution >= 0.6 is 0 Å². The quantitative estimate of drug-likeness (QED) is 0.216. The maximum absolute atomic E-state index is 9.59. The molecule has 1 rings (SSSR count). The maximum atomic E-state index is 9.59. The van der Waals surface area contributed by atoms with Crippen LogP contribution in [0.3, 0.4) is 0 Å². The predicted octanol–water partition coefficient (Wildman–Crippen LogP) is -2.02. The molecule has 0 aromatic carbocycles. The zero-order valence-corrected chi connectivity index (χ0v) is 8.46. The second-order valence-corrected chi connectivity index (χ2v) is 3.86. The summed E-state index contributed by atoms with van der Waals surface area (Å²) in [4.78, 5) is 2.52. The van der Waals surface area contributed by atoms with E-state index in [1.165, 1.54) is 0 Å². The lowest BCUT2D eigenvalue weighted by Gasteiger charge is -2.43. The molecule has 0 amide bonds. The van der Waals surface area contributed by atoms with Crippen LogP contribution in [0.5, 0.6) is 0 Å². The molecule has 0 saturated heterocycles. The molecule has 1 aliphatic rings. The fraction of sp³-hybridized carbons (Fsp3) is 1.00. The van der Waals surface area contributed by atoms with Crippen molar-refractivity contribution in [1.82, 2.24) is 0 Å². The second kappa shape index (κ2) is 5.44. The highest BCUT2D eigenvalue weighted by Crippen LogP contribution is 2.33. The van der Waals surface area contributed by atoms with Crippen molar-refractivity contribution in [1.29, 1.82) is 0 Å². The largest absolute Gasteiger partial charge is 0.396 e. The summed E-state index contributed by atoms with van der Waals surface area (Å²) in [7, 11) is 0. The average molecular weight is 233 g/mol. The van der Waals surface area contributed by atoms with Crippen LogP contribution in [0.4, 0.5) is 0 Å². The van der Waals surface area contributed by atoms with Gasteiger partial charge in [-0.3, -0.25) is 0 Å². The van der Waals surface area contributed by atoms with E-state index in [9.17, 15) is 15.3 Å². The Hall–Kier alpha value is -0.890. The molecule has 0 aromatic heterocycles. The van der Waals surface area contributed by atoms with Gasteiger partial charge in [0.05, 0.1) is 18.2 Å². The predicted molar refractivity (Wildman–Crippen MR) is 52.1 cm³/mol. The van der Waals surface area contributed by atoms with E-state index >= 15 is 0 Å². The van der Waals surface area contributed by atoms with Crippen molar-refractivity contribution in [2.24, 2.45) is 17.0 Å². The normalized spacial score (nSPS) is 43.8. The minimum atomic E-state index is -1.50. The van der Waals surface area contributed by atoms with Crippen LogP contribution in [0.25, 0.3) is 10.4 Å². The Balaban J connectivity index is 3.01. The molecular weight excluding hydrogens is 218 g/mol. The van der Waals surface area contributed by atoms with Crippen molar-refractivity contribution in [2.45, 2.75) is 24.4 Å². The molecule has 0 heterocycles. The SMILES string of the molecule is [N-]=[N+]=N[C@H]1[C@H](O)[C@H](O)[C@@H](O)[C@H](CO)[C@@H]1CO. The van der Waals surface area contributed by atoms with E-state index in [2.05, 4.69) is 10.0 Å². The van der Waals surface area contributed by atoms with Crippen molar-refractivity contribution in [3.63, 3.8) is 0 Å².